The van der Waals surface area contributed by atoms with Gasteiger partial charge in [0.1, 0.15) is 18.2 Å². The molecule has 2 atom stereocenters. The van der Waals surface area contributed by atoms with E-state index in [0.717, 1.165) is 12.1 Å². The molecule has 11 heteroatoms. The number of aromatic nitrogens is 3. The van der Waals surface area contributed by atoms with Gasteiger partial charge in [0, 0.05) is 6.20 Å². The number of pyridine rings is 1. The van der Waals surface area contributed by atoms with Crippen LogP contribution in [0.4, 0.5) is 29.1 Å². The molecule has 3 aromatic rings. The Labute approximate surface area is 185 Å². The SMILES string of the molecule is C[C@H]1CC(c2ccc(C(F)(F)F)c(CF)c2)C(=O)c2c(NC(=O)c3ccc(N)nc3)cnn21. The number of hydrogen-bond donors (Lipinski definition) is 2. The summed E-state index contributed by atoms with van der Waals surface area (Å²) in [5.41, 5.74) is 4.71. The fourth-order valence-corrected chi connectivity index (χ4v) is 3.99. The fourth-order valence-electron chi connectivity index (χ4n) is 3.99. The predicted octanol–water partition coefficient (Wildman–Crippen LogP) is 4.53. The van der Waals surface area contributed by atoms with E-state index in [1.807, 2.05) is 0 Å². The zero-order valence-corrected chi connectivity index (χ0v) is 17.4. The minimum atomic E-state index is -4.70. The third kappa shape index (κ3) is 4.18. The lowest BCUT2D eigenvalue weighted by Gasteiger charge is -2.28. The second-order valence-corrected chi connectivity index (χ2v) is 7.83. The molecule has 0 saturated carbocycles. The molecule has 1 aromatic carbocycles. The van der Waals surface area contributed by atoms with Gasteiger partial charge in [-0.15, -0.1) is 0 Å². The largest absolute Gasteiger partial charge is 0.416 e. The van der Waals surface area contributed by atoms with E-state index in [4.69, 9.17) is 5.73 Å². The Kier molecular flexibility index (Phi) is 5.64. The first-order valence-corrected chi connectivity index (χ1v) is 10.0. The molecule has 0 spiro atoms. The highest BCUT2D eigenvalue weighted by atomic mass is 19.4. The van der Waals surface area contributed by atoms with Gasteiger partial charge in [-0.05, 0) is 42.7 Å². The Morgan fingerprint density at radius 1 is 1.24 bits per heavy atom. The lowest BCUT2D eigenvalue weighted by Crippen LogP contribution is -2.29. The maximum atomic E-state index is 13.4. The van der Waals surface area contributed by atoms with Crippen LogP contribution in [0.15, 0.2) is 42.7 Å². The van der Waals surface area contributed by atoms with E-state index < -0.39 is 41.6 Å². The average Bonchev–Trinajstić information content (AvgIpc) is 3.20. The molecule has 1 aliphatic rings. The fraction of sp³-hybridized carbons (Fsp3) is 0.273. The molecular weight excluding hydrogens is 442 g/mol. The summed E-state index contributed by atoms with van der Waals surface area (Å²) in [5.74, 6) is -1.54. The van der Waals surface area contributed by atoms with E-state index in [1.165, 1.54) is 35.3 Å². The van der Waals surface area contributed by atoms with Crippen molar-refractivity contribution in [2.24, 2.45) is 0 Å². The number of benzene rings is 1. The lowest BCUT2D eigenvalue weighted by molar-refractivity contribution is -0.138. The van der Waals surface area contributed by atoms with Crippen LogP contribution in [0.25, 0.3) is 0 Å². The van der Waals surface area contributed by atoms with Crippen molar-refractivity contribution in [3.05, 3.63) is 70.7 Å². The van der Waals surface area contributed by atoms with Gasteiger partial charge in [0.15, 0.2) is 5.78 Å². The van der Waals surface area contributed by atoms with Crippen molar-refractivity contribution < 1.29 is 27.2 Å². The highest BCUT2D eigenvalue weighted by Crippen LogP contribution is 2.40. The molecule has 172 valence electrons. The number of carbonyl (C=O) groups excluding carboxylic acids is 2. The zero-order valence-electron chi connectivity index (χ0n) is 17.4. The van der Waals surface area contributed by atoms with Crippen LogP contribution in [0.1, 0.15) is 62.8 Å². The number of nitrogens with two attached hydrogens (primary N) is 1. The van der Waals surface area contributed by atoms with Gasteiger partial charge in [-0.25, -0.2) is 9.37 Å². The van der Waals surface area contributed by atoms with Crippen molar-refractivity contribution in [1.29, 1.82) is 0 Å². The van der Waals surface area contributed by atoms with Gasteiger partial charge in [-0.3, -0.25) is 14.3 Å². The van der Waals surface area contributed by atoms with Crippen molar-refractivity contribution in [1.82, 2.24) is 14.8 Å². The van der Waals surface area contributed by atoms with E-state index in [-0.39, 0.29) is 40.8 Å². The summed E-state index contributed by atoms with van der Waals surface area (Å²) >= 11 is 0. The minimum absolute atomic E-state index is 0.122. The highest BCUT2D eigenvalue weighted by Gasteiger charge is 2.38. The number of anilines is 2. The molecule has 1 amide bonds. The van der Waals surface area contributed by atoms with Gasteiger partial charge in [0.2, 0.25) is 0 Å². The normalized spacial score (nSPS) is 18.2. The highest BCUT2D eigenvalue weighted by molar-refractivity contribution is 6.10. The summed E-state index contributed by atoms with van der Waals surface area (Å²) < 4.78 is 54.3. The van der Waals surface area contributed by atoms with Crippen LogP contribution in [0.2, 0.25) is 0 Å². The van der Waals surface area contributed by atoms with Gasteiger partial charge in [0.05, 0.1) is 35.0 Å². The van der Waals surface area contributed by atoms with E-state index >= 15 is 0 Å². The smallest absolute Gasteiger partial charge is 0.384 e. The summed E-state index contributed by atoms with van der Waals surface area (Å²) in [4.78, 5) is 29.8. The van der Waals surface area contributed by atoms with Crippen molar-refractivity contribution >= 4 is 23.2 Å². The summed E-state index contributed by atoms with van der Waals surface area (Å²) in [7, 11) is 0. The first kappa shape index (κ1) is 22.4. The zero-order chi connectivity index (χ0) is 23.9. The maximum absolute atomic E-state index is 13.4. The van der Waals surface area contributed by atoms with Crippen LogP contribution in [-0.2, 0) is 12.9 Å². The Hall–Kier alpha value is -3.76. The van der Waals surface area contributed by atoms with Crippen molar-refractivity contribution in [3.63, 3.8) is 0 Å². The number of halogens is 4. The molecular formula is C22H19F4N5O2. The van der Waals surface area contributed by atoms with Crippen LogP contribution >= 0.6 is 0 Å². The number of Topliss-reactive ketones (excluding diaryl/α,β-unsaturated/α-hetero) is 1. The molecule has 3 heterocycles. The molecule has 0 fully saturated rings. The summed E-state index contributed by atoms with van der Waals surface area (Å²) in [5, 5.41) is 6.82. The lowest BCUT2D eigenvalue weighted by atomic mass is 9.83. The number of ketones is 1. The summed E-state index contributed by atoms with van der Waals surface area (Å²) in [6, 6.07) is 5.72. The minimum Gasteiger partial charge on any atom is -0.384 e. The Bertz CT molecular complexity index is 1220. The molecule has 1 unspecified atom stereocenters. The summed E-state index contributed by atoms with van der Waals surface area (Å²) in [6.07, 6.45) is -1.81. The standard InChI is InChI=1S/C22H19F4N5O2/c1-11-6-15(12-2-4-16(22(24,25)26)14(7-12)8-23)20(32)19-17(10-29-31(11)19)30-21(33)13-3-5-18(27)28-9-13/h2-5,7,9-11,15H,6,8H2,1H3,(H2,27,28)(H,30,33)/t11-,15?/m0/s1. The monoisotopic (exact) mass is 461 g/mol. The third-order valence-corrected chi connectivity index (χ3v) is 5.62. The van der Waals surface area contributed by atoms with E-state index in [1.54, 1.807) is 6.92 Å². The van der Waals surface area contributed by atoms with E-state index in [2.05, 4.69) is 15.4 Å². The van der Waals surface area contributed by atoms with Crippen molar-refractivity contribution in [3.8, 4) is 0 Å². The van der Waals surface area contributed by atoms with Crippen LogP contribution in [0.5, 0.6) is 0 Å². The maximum Gasteiger partial charge on any atom is 0.416 e. The third-order valence-electron chi connectivity index (χ3n) is 5.62. The van der Waals surface area contributed by atoms with Gasteiger partial charge in [-0.1, -0.05) is 12.1 Å². The Balaban J connectivity index is 1.66. The first-order chi connectivity index (χ1) is 15.6. The van der Waals surface area contributed by atoms with Crippen molar-refractivity contribution in [2.45, 2.75) is 38.2 Å². The topological polar surface area (TPSA) is 103 Å². The molecule has 4 rings (SSSR count). The quantitative estimate of drug-likeness (QED) is 0.556. The van der Waals surface area contributed by atoms with Crippen LogP contribution in [-0.4, -0.2) is 26.5 Å². The number of nitrogens with zero attached hydrogens (tertiary/aromatic N) is 3. The van der Waals surface area contributed by atoms with Gasteiger partial charge in [0.25, 0.3) is 5.91 Å². The van der Waals surface area contributed by atoms with Gasteiger partial charge < -0.3 is 11.1 Å². The van der Waals surface area contributed by atoms with Crippen LogP contribution in [0.3, 0.4) is 0 Å². The summed E-state index contributed by atoms with van der Waals surface area (Å²) in [6.45, 7) is 0.486. The van der Waals surface area contributed by atoms with Crippen LogP contribution < -0.4 is 11.1 Å². The van der Waals surface area contributed by atoms with Gasteiger partial charge >= 0.3 is 6.18 Å². The second kappa shape index (κ2) is 8.30. The second-order valence-electron chi connectivity index (χ2n) is 7.83. The number of alkyl halides is 4. The molecule has 0 radical (unpaired) electrons. The molecule has 3 N–H and O–H groups in total. The number of amides is 1. The van der Waals surface area contributed by atoms with Gasteiger partial charge in [-0.2, -0.15) is 18.3 Å². The number of nitrogen functional groups attached to an aromatic ring is 1. The molecule has 0 aliphatic carbocycles. The molecule has 0 bridgehead atoms. The molecule has 1 aliphatic heterocycles. The number of carbonyl (C=O) groups is 2. The molecule has 2 aromatic heterocycles. The predicted molar refractivity (Wildman–Crippen MR) is 111 cm³/mol. The van der Waals surface area contributed by atoms with E-state index in [0.29, 0.717) is 0 Å². The number of nitrogens with one attached hydrogen (secondary N) is 1. The van der Waals surface area contributed by atoms with Crippen molar-refractivity contribution in [2.75, 3.05) is 11.1 Å². The molecule has 0 saturated heterocycles. The number of fused-ring (bicyclic) bond motifs is 1. The average molecular weight is 461 g/mol. The Morgan fingerprint density at radius 3 is 2.64 bits per heavy atom. The Morgan fingerprint density at radius 2 is 2.00 bits per heavy atom. The number of hydrogen-bond acceptors (Lipinski definition) is 5. The molecule has 7 nitrogen and oxygen atoms in total. The first-order valence-electron chi connectivity index (χ1n) is 10.0. The number of rotatable bonds is 4. The van der Waals surface area contributed by atoms with E-state index in [9.17, 15) is 27.2 Å². The van der Waals surface area contributed by atoms with Crippen LogP contribution in [0, 0.1) is 0 Å². The molecule has 33 heavy (non-hydrogen) atoms.